The number of phenolic OH excluding ortho intramolecular Hbond substituents is 1. The van der Waals surface area contributed by atoms with Crippen LogP contribution in [0.5, 0.6) is 5.75 Å². The van der Waals surface area contributed by atoms with E-state index in [9.17, 15) is 14.3 Å². The Morgan fingerprint density at radius 3 is 2.82 bits per heavy atom. The van der Waals surface area contributed by atoms with Crippen LogP contribution in [0.2, 0.25) is 0 Å². The summed E-state index contributed by atoms with van der Waals surface area (Å²) in [6.45, 7) is 0.473. The van der Waals surface area contributed by atoms with Gasteiger partial charge >= 0.3 is 0 Å². The molecule has 1 aliphatic rings. The number of phenols is 1. The molecule has 4 N–H and O–H groups in total. The van der Waals surface area contributed by atoms with Gasteiger partial charge in [-0.3, -0.25) is 4.79 Å². The topological polar surface area (TPSA) is 75.3 Å². The SMILES string of the molecule is NC1CC(CNC(=O)c2c(O)cccc2F)C1. The number of carbonyl (C=O) groups is 1. The molecular weight excluding hydrogens is 223 g/mol. The molecule has 0 spiro atoms. The van der Waals surface area contributed by atoms with Gasteiger partial charge in [-0.15, -0.1) is 0 Å². The fourth-order valence-corrected chi connectivity index (χ4v) is 2.02. The third kappa shape index (κ3) is 2.55. The quantitative estimate of drug-likeness (QED) is 0.735. The summed E-state index contributed by atoms with van der Waals surface area (Å²) in [5.74, 6) is -1.27. The second kappa shape index (κ2) is 4.71. The van der Waals surface area contributed by atoms with Crippen LogP contribution >= 0.6 is 0 Å². The molecule has 0 aromatic heterocycles. The average molecular weight is 238 g/mol. The van der Waals surface area contributed by atoms with Crippen molar-refractivity contribution in [3.8, 4) is 5.75 Å². The molecule has 1 fully saturated rings. The summed E-state index contributed by atoms with van der Waals surface area (Å²) in [5, 5.41) is 12.0. The lowest BCUT2D eigenvalue weighted by molar-refractivity contribution is 0.0928. The molecule has 1 aliphatic carbocycles. The third-order valence-electron chi connectivity index (χ3n) is 3.04. The van der Waals surface area contributed by atoms with Gasteiger partial charge in [0.15, 0.2) is 0 Å². The molecule has 17 heavy (non-hydrogen) atoms. The maximum atomic E-state index is 13.3. The molecule has 1 saturated carbocycles. The number of rotatable bonds is 3. The summed E-state index contributed by atoms with van der Waals surface area (Å²) in [5.41, 5.74) is 5.33. The molecule has 0 heterocycles. The van der Waals surface area contributed by atoms with Crippen molar-refractivity contribution in [2.45, 2.75) is 18.9 Å². The summed E-state index contributed by atoms with van der Waals surface area (Å²) in [4.78, 5) is 11.7. The minimum Gasteiger partial charge on any atom is -0.507 e. The Kier molecular flexibility index (Phi) is 3.28. The fraction of sp³-hybridized carbons (Fsp3) is 0.417. The van der Waals surface area contributed by atoms with E-state index in [0.717, 1.165) is 18.9 Å². The number of nitrogens with one attached hydrogen (secondary N) is 1. The summed E-state index contributed by atoms with van der Waals surface area (Å²) in [7, 11) is 0. The van der Waals surface area contributed by atoms with Crippen LogP contribution in [-0.4, -0.2) is 23.6 Å². The molecule has 0 unspecified atom stereocenters. The largest absolute Gasteiger partial charge is 0.507 e. The molecule has 4 nitrogen and oxygen atoms in total. The summed E-state index contributed by atoms with van der Waals surface area (Å²) >= 11 is 0. The van der Waals surface area contributed by atoms with Gasteiger partial charge in [0.2, 0.25) is 0 Å². The second-order valence-corrected chi connectivity index (χ2v) is 4.44. The zero-order chi connectivity index (χ0) is 12.4. The van der Waals surface area contributed by atoms with Crippen LogP contribution in [0.4, 0.5) is 4.39 Å². The van der Waals surface area contributed by atoms with Gasteiger partial charge in [-0.1, -0.05) is 6.07 Å². The van der Waals surface area contributed by atoms with Crippen molar-refractivity contribution in [3.63, 3.8) is 0 Å². The van der Waals surface area contributed by atoms with Gasteiger partial charge in [-0.25, -0.2) is 4.39 Å². The Bertz CT molecular complexity index is 410. The van der Waals surface area contributed by atoms with Crippen molar-refractivity contribution in [2.24, 2.45) is 11.7 Å². The summed E-state index contributed by atoms with van der Waals surface area (Å²) in [6, 6.07) is 4.01. The van der Waals surface area contributed by atoms with E-state index in [1.165, 1.54) is 12.1 Å². The van der Waals surface area contributed by atoms with Crippen LogP contribution in [0.1, 0.15) is 23.2 Å². The van der Waals surface area contributed by atoms with E-state index in [1.54, 1.807) is 0 Å². The number of carbonyl (C=O) groups excluding carboxylic acids is 1. The predicted molar refractivity (Wildman–Crippen MR) is 61.1 cm³/mol. The molecular formula is C12H15FN2O2. The van der Waals surface area contributed by atoms with Gasteiger partial charge in [-0.05, 0) is 30.9 Å². The lowest BCUT2D eigenvalue weighted by Gasteiger charge is -2.32. The molecule has 1 aromatic rings. The molecule has 5 heteroatoms. The van der Waals surface area contributed by atoms with Crippen molar-refractivity contribution in [1.82, 2.24) is 5.32 Å². The Morgan fingerprint density at radius 1 is 1.53 bits per heavy atom. The van der Waals surface area contributed by atoms with E-state index in [4.69, 9.17) is 5.73 Å². The number of nitrogens with two attached hydrogens (primary N) is 1. The van der Waals surface area contributed by atoms with Crippen LogP contribution in [0.3, 0.4) is 0 Å². The van der Waals surface area contributed by atoms with Crippen molar-refractivity contribution in [1.29, 1.82) is 0 Å². The fourth-order valence-electron chi connectivity index (χ4n) is 2.02. The highest BCUT2D eigenvalue weighted by molar-refractivity contribution is 5.97. The number of benzene rings is 1. The van der Waals surface area contributed by atoms with E-state index < -0.39 is 11.7 Å². The first-order valence-electron chi connectivity index (χ1n) is 5.59. The Morgan fingerprint density at radius 2 is 2.24 bits per heavy atom. The van der Waals surface area contributed by atoms with E-state index in [2.05, 4.69) is 5.32 Å². The summed E-state index contributed by atoms with van der Waals surface area (Å²) < 4.78 is 13.3. The predicted octanol–water partition coefficient (Wildman–Crippen LogP) is 0.998. The van der Waals surface area contributed by atoms with Crippen LogP contribution in [0.25, 0.3) is 0 Å². The van der Waals surface area contributed by atoms with Gasteiger partial charge in [-0.2, -0.15) is 0 Å². The second-order valence-electron chi connectivity index (χ2n) is 4.44. The molecule has 1 aromatic carbocycles. The zero-order valence-corrected chi connectivity index (χ0v) is 9.32. The lowest BCUT2D eigenvalue weighted by Crippen LogP contribution is -2.42. The number of halogens is 1. The van der Waals surface area contributed by atoms with Crippen LogP contribution < -0.4 is 11.1 Å². The number of amides is 1. The van der Waals surface area contributed by atoms with Crippen LogP contribution in [0, 0.1) is 11.7 Å². The number of aromatic hydroxyl groups is 1. The standard InChI is InChI=1S/C12H15FN2O2/c13-9-2-1-3-10(16)11(9)12(17)15-6-7-4-8(14)5-7/h1-3,7-8,16H,4-6,14H2,(H,15,17). The first-order valence-corrected chi connectivity index (χ1v) is 5.59. The van der Waals surface area contributed by atoms with E-state index in [1.807, 2.05) is 0 Å². The average Bonchev–Trinajstić information content (AvgIpc) is 2.22. The van der Waals surface area contributed by atoms with Gasteiger partial charge in [0, 0.05) is 12.6 Å². The summed E-state index contributed by atoms with van der Waals surface area (Å²) in [6.07, 6.45) is 1.76. The molecule has 92 valence electrons. The van der Waals surface area contributed by atoms with E-state index in [0.29, 0.717) is 12.5 Å². The maximum absolute atomic E-state index is 13.3. The van der Waals surface area contributed by atoms with E-state index >= 15 is 0 Å². The molecule has 0 bridgehead atoms. The molecule has 2 rings (SSSR count). The van der Waals surface area contributed by atoms with Crippen LogP contribution in [0.15, 0.2) is 18.2 Å². The number of hydrogen-bond acceptors (Lipinski definition) is 3. The van der Waals surface area contributed by atoms with Crippen LogP contribution in [-0.2, 0) is 0 Å². The lowest BCUT2D eigenvalue weighted by atomic mass is 9.81. The molecule has 0 atom stereocenters. The Hall–Kier alpha value is -1.62. The van der Waals surface area contributed by atoms with Crippen molar-refractivity contribution >= 4 is 5.91 Å². The zero-order valence-electron chi connectivity index (χ0n) is 9.32. The Labute approximate surface area is 98.6 Å². The highest BCUT2D eigenvalue weighted by atomic mass is 19.1. The van der Waals surface area contributed by atoms with E-state index in [-0.39, 0.29) is 17.4 Å². The normalized spacial score (nSPS) is 22.9. The van der Waals surface area contributed by atoms with Gasteiger partial charge in [0.25, 0.3) is 5.91 Å². The molecule has 0 radical (unpaired) electrons. The molecule has 1 amide bonds. The molecule has 0 saturated heterocycles. The van der Waals surface area contributed by atoms with Crippen molar-refractivity contribution < 1.29 is 14.3 Å². The Balaban J connectivity index is 1.95. The highest BCUT2D eigenvalue weighted by Crippen LogP contribution is 2.25. The minimum absolute atomic E-state index is 0.221. The highest BCUT2D eigenvalue weighted by Gasteiger charge is 2.26. The maximum Gasteiger partial charge on any atom is 0.258 e. The minimum atomic E-state index is -0.715. The van der Waals surface area contributed by atoms with Gasteiger partial charge in [0.1, 0.15) is 17.1 Å². The third-order valence-corrected chi connectivity index (χ3v) is 3.04. The first-order chi connectivity index (χ1) is 8.08. The van der Waals surface area contributed by atoms with Crippen molar-refractivity contribution in [2.75, 3.05) is 6.54 Å². The van der Waals surface area contributed by atoms with Gasteiger partial charge in [0.05, 0.1) is 0 Å². The molecule has 0 aliphatic heterocycles. The van der Waals surface area contributed by atoms with Gasteiger partial charge < -0.3 is 16.2 Å². The number of hydrogen-bond donors (Lipinski definition) is 3. The first kappa shape index (κ1) is 11.9. The monoisotopic (exact) mass is 238 g/mol. The smallest absolute Gasteiger partial charge is 0.258 e. The van der Waals surface area contributed by atoms with Crippen molar-refractivity contribution in [3.05, 3.63) is 29.6 Å².